The minimum Gasteiger partial charge on any atom is -0.493 e. The van der Waals surface area contributed by atoms with Crippen LogP contribution in [0.1, 0.15) is 44.0 Å². The maximum Gasteiger partial charge on any atom is 0.323 e. The van der Waals surface area contributed by atoms with Crippen LogP contribution < -0.4 is 9.47 Å². The van der Waals surface area contributed by atoms with Crippen LogP contribution in [-0.2, 0) is 16.8 Å². The van der Waals surface area contributed by atoms with Gasteiger partial charge in [-0.15, -0.1) is 0 Å². The Kier molecular flexibility index (Phi) is 7.63. The van der Waals surface area contributed by atoms with Crippen molar-refractivity contribution in [1.29, 1.82) is 0 Å². The van der Waals surface area contributed by atoms with Crippen molar-refractivity contribution in [1.82, 2.24) is 14.5 Å². The summed E-state index contributed by atoms with van der Waals surface area (Å²) in [6.07, 6.45) is 14.2. The van der Waals surface area contributed by atoms with Crippen LogP contribution in [0.3, 0.4) is 0 Å². The number of benzene rings is 2. The number of hydrogen-bond donors (Lipinski definition) is 2. The van der Waals surface area contributed by atoms with E-state index < -0.39 is 5.97 Å². The van der Waals surface area contributed by atoms with Gasteiger partial charge >= 0.3 is 5.97 Å². The highest BCUT2D eigenvalue weighted by Crippen LogP contribution is 2.40. The van der Waals surface area contributed by atoms with Crippen LogP contribution in [0.2, 0.25) is 0 Å². The van der Waals surface area contributed by atoms with Crippen LogP contribution in [0, 0.1) is 0 Å². The molecule has 2 heterocycles. The molecule has 1 aliphatic rings. The second kappa shape index (κ2) is 11.4. The van der Waals surface area contributed by atoms with E-state index >= 15 is 0 Å². The van der Waals surface area contributed by atoms with Gasteiger partial charge in [0.05, 0.1) is 24.8 Å². The molecule has 7 nitrogen and oxygen atoms in total. The number of nitrogens with zero attached hydrogens (tertiary/aromatic N) is 2. The molecule has 0 saturated carbocycles. The van der Waals surface area contributed by atoms with Crippen molar-refractivity contribution in [3.63, 3.8) is 0 Å². The van der Waals surface area contributed by atoms with Crippen molar-refractivity contribution < 1.29 is 19.4 Å². The van der Waals surface area contributed by atoms with Crippen molar-refractivity contribution in [2.45, 2.75) is 44.6 Å². The summed E-state index contributed by atoms with van der Waals surface area (Å²) in [4.78, 5) is 19.1. The van der Waals surface area contributed by atoms with E-state index in [1.165, 1.54) is 11.1 Å². The molecule has 4 aromatic rings. The average Bonchev–Trinajstić information content (AvgIpc) is 3.57. The predicted octanol–water partition coefficient (Wildman–Crippen LogP) is 6.27. The molecule has 0 bridgehead atoms. The Bertz CT molecular complexity index is 1450. The minimum atomic E-state index is -0.865. The molecule has 1 unspecified atom stereocenters. The lowest BCUT2D eigenvalue weighted by Crippen LogP contribution is -2.28. The molecule has 0 fully saturated rings. The number of aromatic nitrogens is 3. The van der Waals surface area contributed by atoms with Crippen molar-refractivity contribution in [2.75, 3.05) is 13.2 Å². The second-order valence-electron chi connectivity index (χ2n) is 9.61. The molecule has 7 heteroatoms. The van der Waals surface area contributed by atoms with Crippen LogP contribution in [0.15, 0.2) is 90.8 Å². The fourth-order valence-corrected chi connectivity index (χ4v) is 5.00. The summed E-state index contributed by atoms with van der Waals surface area (Å²) in [5.41, 5.74) is 3.11. The monoisotopic (exact) mass is 511 g/mol. The SMILES string of the molecule is CCCC1=CCC(c2ccccc2)(c2ncc(OCCCOc3ccc4c(ccn4CC(=O)O)c3)[nH]2)C=C1. The molecule has 0 amide bonds. The molecule has 0 radical (unpaired) electrons. The zero-order valence-electron chi connectivity index (χ0n) is 21.6. The van der Waals surface area contributed by atoms with Gasteiger partial charge < -0.3 is 24.1 Å². The van der Waals surface area contributed by atoms with Crippen LogP contribution in [0.25, 0.3) is 10.9 Å². The summed E-state index contributed by atoms with van der Waals surface area (Å²) < 4.78 is 13.6. The number of nitrogens with one attached hydrogen (secondary N) is 1. The van der Waals surface area contributed by atoms with Gasteiger partial charge in [0.2, 0.25) is 5.88 Å². The van der Waals surface area contributed by atoms with Gasteiger partial charge in [0.15, 0.2) is 0 Å². The first-order valence-electron chi connectivity index (χ1n) is 13.1. The number of hydrogen-bond acceptors (Lipinski definition) is 4. The van der Waals surface area contributed by atoms with Gasteiger partial charge in [-0.25, -0.2) is 4.98 Å². The van der Waals surface area contributed by atoms with Gasteiger partial charge in [-0.2, -0.15) is 0 Å². The number of aromatic amines is 1. The lowest BCUT2D eigenvalue weighted by atomic mass is 9.73. The molecule has 1 aliphatic carbocycles. The molecule has 2 N–H and O–H groups in total. The Morgan fingerprint density at radius 1 is 1.13 bits per heavy atom. The lowest BCUT2D eigenvalue weighted by Gasteiger charge is -2.31. The lowest BCUT2D eigenvalue weighted by molar-refractivity contribution is -0.137. The van der Waals surface area contributed by atoms with E-state index in [9.17, 15) is 4.79 Å². The number of H-pyrrole nitrogens is 1. The summed E-state index contributed by atoms with van der Waals surface area (Å²) >= 11 is 0. The molecule has 0 spiro atoms. The van der Waals surface area contributed by atoms with Gasteiger partial charge in [-0.05, 0) is 42.7 Å². The standard InChI is InChI=1S/C31H33N3O4/c1-2-7-23-12-15-31(16-13-23,25-8-4-3-5-9-25)30-32-21-28(33-30)38-19-6-18-37-26-10-11-27-24(20-26)14-17-34(27)22-29(35)36/h3-5,8-15,17,20-21H,2,6-7,16,18-19,22H2,1H3,(H,32,33)(H,35,36). The van der Waals surface area contributed by atoms with Gasteiger partial charge in [-0.3, -0.25) is 4.79 Å². The van der Waals surface area contributed by atoms with Gasteiger partial charge in [0, 0.05) is 23.5 Å². The Morgan fingerprint density at radius 2 is 1.97 bits per heavy atom. The Hall–Kier alpha value is -4.26. The third-order valence-corrected chi connectivity index (χ3v) is 6.93. The van der Waals surface area contributed by atoms with E-state index in [4.69, 9.17) is 19.6 Å². The van der Waals surface area contributed by atoms with Crippen LogP contribution in [0.5, 0.6) is 11.6 Å². The van der Waals surface area contributed by atoms with Crippen LogP contribution >= 0.6 is 0 Å². The highest BCUT2D eigenvalue weighted by molar-refractivity contribution is 5.83. The van der Waals surface area contributed by atoms with E-state index in [0.717, 1.165) is 41.7 Å². The zero-order valence-corrected chi connectivity index (χ0v) is 21.6. The molecule has 0 aliphatic heterocycles. The first-order valence-corrected chi connectivity index (χ1v) is 13.1. The normalized spacial score (nSPS) is 16.9. The topological polar surface area (TPSA) is 89.4 Å². The van der Waals surface area contributed by atoms with Crippen molar-refractivity contribution in [3.05, 3.63) is 102 Å². The quantitative estimate of drug-likeness (QED) is 0.219. The van der Waals surface area contributed by atoms with Gasteiger partial charge in [-0.1, -0.05) is 67.5 Å². The summed E-state index contributed by atoms with van der Waals surface area (Å²) in [7, 11) is 0. The number of fused-ring (bicyclic) bond motifs is 1. The molecule has 38 heavy (non-hydrogen) atoms. The summed E-state index contributed by atoms with van der Waals surface area (Å²) in [5, 5.41) is 9.99. The third-order valence-electron chi connectivity index (χ3n) is 6.93. The number of aliphatic carboxylic acids is 1. The fraction of sp³-hybridized carbons (Fsp3) is 0.290. The maximum absolute atomic E-state index is 11.0. The van der Waals surface area contributed by atoms with Crippen LogP contribution in [-0.4, -0.2) is 38.8 Å². The third kappa shape index (κ3) is 5.52. The molecule has 196 valence electrons. The molecule has 0 saturated heterocycles. The number of rotatable bonds is 12. The van der Waals surface area contributed by atoms with Crippen molar-refractivity contribution >= 4 is 16.9 Å². The molecule has 5 rings (SSSR count). The molecular weight excluding hydrogens is 478 g/mol. The molecular formula is C31H33N3O4. The molecule has 1 atom stereocenters. The number of carbonyl (C=O) groups is 1. The smallest absolute Gasteiger partial charge is 0.323 e. The van der Waals surface area contributed by atoms with Crippen molar-refractivity contribution in [2.24, 2.45) is 0 Å². The average molecular weight is 512 g/mol. The number of imidazole rings is 1. The Morgan fingerprint density at radius 3 is 2.74 bits per heavy atom. The van der Waals surface area contributed by atoms with E-state index in [2.05, 4.69) is 54.4 Å². The summed E-state index contributed by atoms with van der Waals surface area (Å²) in [6.45, 7) is 3.14. The fourth-order valence-electron chi connectivity index (χ4n) is 5.00. The van der Waals surface area contributed by atoms with E-state index in [1.54, 1.807) is 17.0 Å². The molecule has 2 aromatic carbocycles. The number of ether oxygens (including phenoxy) is 2. The molecule has 2 aromatic heterocycles. The minimum absolute atomic E-state index is 0.0598. The summed E-state index contributed by atoms with van der Waals surface area (Å²) in [5.74, 6) is 1.41. The Balaban J connectivity index is 1.17. The number of allylic oxidation sites excluding steroid dienone is 4. The summed E-state index contributed by atoms with van der Waals surface area (Å²) in [6, 6.07) is 18.1. The zero-order chi connectivity index (χ0) is 26.4. The first kappa shape index (κ1) is 25.4. The Labute approximate surface area is 222 Å². The van der Waals surface area contributed by atoms with E-state index in [1.807, 2.05) is 30.3 Å². The van der Waals surface area contributed by atoms with E-state index in [-0.39, 0.29) is 12.0 Å². The highest BCUT2D eigenvalue weighted by Gasteiger charge is 2.35. The van der Waals surface area contributed by atoms with E-state index in [0.29, 0.717) is 25.5 Å². The van der Waals surface area contributed by atoms with Gasteiger partial charge in [0.25, 0.3) is 0 Å². The van der Waals surface area contributed by atoms with Crippen LogP contribution in [0.4, 0.5) is 0 Å². The van der Waals surface area contributed by atoms with Crippen molar-refractivity contribution in [3.8, 4) is 11.6 Å². The predicted molar refractivity (Wildman–Crippen MR) is 148 cm³/mol. The second-order valence-corrected chi connectivity index (χ2v) is 9.61. The largest absolute Gasteiger partial charge is 0.493 e. The number of carboxylic acid groups (broad SMARTS) is 1. The first-order chi connectivity index (χ1) is 18.6. The number of carboxylic acids is 1. The van der Waals surface area contributed by atoms with Gasteiger partial charge in [0.1, 0.15) is 18.1 Å². The highest BCUT2D eigenvalue weighted by atomic mass is 16.5. The maximum atomic E-state index is 11.0.